The largest absolute Gasteiger partial charge is 0.508 e. The Kier molecular flexibility index (Phi) is 7.70. The monoisotopic (exact) mass is 458 g/mol. The van der Waals surface area contributed by atoms with E-state index in [1.807, 2.05) is 0 Å². The van der Waals surface area contributed by atoms with Crippen molar-refractivity contribution in [2.45, 2.75) is 43.4 Å². The van der Waals surface area contributed by atoms with Crippen LogP contribution in [0, 0.1) is 0 Å². The summed E-state index contributed by atoms with van der Waals surface area (Å²) in [5.74, 6) is -1.51. The van der Waals surface area contributed by atoms with Crippen LogP contribution in [0.4, 0.5) is 0 Å². The zero-order valence-corrected chi connectivity index (χ0v) is 18.0. The van der Waals surface area contributed by atoms with Gasteiger partial charge in [0.1, 0.15) is 23.7 Å². The molecule has 4 N–H and O–H groups in total. The van der Waals surface area contributed by atoms with Gasteiger partial charge in [0.25, 0.3) is 0 Å². The van der Waals surface area contributed by atoms with E-state index in [0.717, 1.165) is 6.08 Å². The van der Waals surface area contributed by atoms with Gasteiger partial charge in [-0.25, -0.2) is 9.59 Å². The van der Waals surface area contributed by atoms with Gasteiger partial charge in [0.2, 0.25) is 0 Å². The van der Waals surface area contributed by atoms with Crippen molar-refractivity contribution in [1.29, 1.82) is 0 Å². The molecule has 0 spiro atoms. The van der Waals surface area contributed by atoms with Crippen LogP contribution in [0.2, 0.25) is 0 Å². The van der Waals surface area contributed by atoms with Crippen LogP contribution in [-0.2, 0) is 25.7 Å². The van der Waals surface area contributed by atoms with E-state index in [1.165, 1.54) is 25.3 Å². The van der Waals surface area contributed by atoms with Crippen molar-refractivity contribution >= 4 is 18.0 Å². The van der Waals surface area contributed by atoms with E-state index >= 15 is 0 Å². The molecule has 0 amide bonds. The molecule has 0 saturated heterocycles. The summed E-state index contributed by atoms with van der Waals surface area (Å²) >= 11 is 0. The second kappa shape index (κ2) is 10.5. The first-order valence-corrected chi connectivity index (χ1v) is 10.3. The van der Waals surface area contributed by atoms with Gasteiger partial charge < -0.3 is 34.6 Å². The van der Waals surface area contributed by atoms with Crippen LogP contribution in [0.1, 0.15) is 24.0 Å². The highest BCUT2D eigenvalue weighted by atomic mass is 16.6. The Bertz CT molecular complexity index is 1000. The number of rotatable bonds is 8. The van der Waals surface area contributed by atoms with Gasteiger partial charge in [0, 0.05) is 18.9 Å². The molecular formula is C24H26O9. The van der Waals surface area contributed by atoms with Crippen LogP contribution >= 0.6 is 0 Å². The zero-order valence-electron chi connectivity index (χ0n) is 18.0. The molecule has 9 heteroatoms. The average molecular weight is 458 g/mol. The number of carboxylic acid groups (broad SMARTS) is 1. The summed E-state index contributed by atoms with van der Waals surface area (Å²) in [5.41, 5.74) is -0.593. The van der Waals surface area contributed by atoms with Crippen LogP contribution in [0.5, 0.6) is 11.5 Å². The van der Waals surface area contributed by atoms with Crippen LogP contribution in [0.25, 0.3) is 6.08 Å². The number of phenolic OH excluding ortho intramolecular Hbond substituents is 1. The molecule has 0 radical (unpaired) electrons. The Balaban J connectivity index is 1.71. The third kappa shape index (κ3) is 6.10. The summed E-state index contributed by atoms with van der Waals surface area (Å²) in [6.07, 6.45) is -2.40. The fourth-order valence-corrected chi connectivity index (χ4v) is 3.62. The summed E-state index contributed by atoms with van der Waals surface area (Å²) in [4.78, 5) is 24.4. The van der Waals surface area contributed by atoms with Crippen molar-refractivity contribution in [3.63, 3.8) is 0 Å². The molecule has 1 fully saturated rings. The number of hydrogen-bond acceptors (Lipinski definition) is 8. The van der Waals surface area contributed by atoms with Crippen LogP contribution in [0.15, 0.2) is 54.6 Å². The van der Waals surface area contributed by atoms with Gasteiger partial charge in [-0.3, -0.25) is 0 Å². The van der Waals surface area contributed by atoms with Crippen molar-refractivity contribution < 1.29 is 44.2 Å². The average Bonchev–Trinajstić information content (AvgIpc) is 2.80. The van der Waals surface area contributed by atoms with Crippen LogP contribution in [0.3, 0.4) is 0 Å². The molecular weight excluding hydrogens is 432 g/mol. The molecule has 176 valence electrons. The summed E-state index contributed by atoms with van der Waals surface area (Å²) in [6, 6.07) is 13.0. The third-order valence-electron chi connectivity index (χ3n) is 5.46. The predicted octanol–water partition coefficient (Wildman–Crippen LogP) is 1.88. The third-order valence-corrected chi connectivity index (χ3v) is 5.46. The second-order valence-corrected chi connectivity index (χ2v) is 7.81. The molecule has 2 aromatic rings. The molecule has 9 nitrogen and oxygen atoms in total. The van der Waals surface area contributed by atoms with E-state index < -0.39 is 35.9 Å². The highest BCUT2D eigenvalue weighted by molar-refractivity contribution is 5.87. The lowest BCUT2D eigenvalue weighted by Crippen LogP contribution is -2.58. The normalized spacial score (nSPS) is 25.0. The molecule has 0 bridgehead atoms. The van der Waals surface area contributed by atoms with Gasteiger partial charge in [-0.15, -0.1) is 0 Å². The number of aliphatic carboxylic acids is 1. The number of aliphatic hydroxyl groups is 2. The molecule has 1 saturated carbocycles. The lowest BCUT2D eigenvalue weighted by Gasteiger charge is -2.41. The first kappa shape index (κ1) is 24.2. The molecule has 1 aliphatic rings. The Morgan fingerprint density at radius 3 is 2.52 bits per heavy atom. The molecule has 2 aromatic carbocycles. The van der Waals surface area contributed by atoms with E-state index in [9.17, 15) is 30.0 Å². The smallest absolute Gasteiger partial charge is 0.336 e. The quantitative estimate of drug-likeness (QED) is 0.344. The van der Waals surface area contributed by atoms with Crippen LogP contribution in [-0.4, -0.2) is 63.4 Å². The SMILES string of the molecule is COc1cccc(CO[C@@]2(C(=O)O)C[C@H](O)[C@@H](O)[C@H](OC(=O)C=Cc3ccc(O)cc3)C2)c1. The minimum Gasteiger partial charge on any atom is -0.508 e. The van der Waals surface area contributed by atoms with Gasteiger partial charge in [0.05, 0.1) is 19.8 Å². The number of carboxylic acids is 1. The molecule has 4 atom stereocenters. The van der Waals surface area contributed by atoms with E-state index in [0.29, 0.717) is 16.9 Å². The Hall–Kier alpha value is -3.40. The highest BCUT2D eigenvalue weighted by Gasteiger charge is 2.52. The maximum Gasteiger partial charge on any atom is 0.336 e. The fraction of sp³-hybridized carbons (Fsp3) is 0.333. The lowest BCUT2D eigenvalue weighted by atomic mass is 9.79. The molecule has 3 rings (SSSR count). The lowest BCUT2D eigenvalue weighted by molar-refractivity contribution is -0.209. The van der Waals surface area contributed by atoms with Gasteiger partial charge in [0.15, 0.2) is 5.60 Å². The van der Waals surface area contributed by atoms with E-state index in [4.69, 9.17) is 14.2 Å². The van der Waals surface area contributed by atoms with Gasteiger partial charge in [-0.1, -0.05) is 24.3 Å². The summed E-state index contributed by atoms with van der Waals surface area (Å²) in [6.45, 7) is -0.0895. The number of hydrogen-bond donors (Lipinski definition) is 4. The summed E-state index contributed by atoms with van der Waals surface area (Å²) in [5, 5.41) is 39.8. The molecule has 0 aliphatic heterocycles. The predicted molar refractivity (Wildman–Crippen MR) is 116 cm³/mol. The molecule has 0 heterocycles. The van der Waals surface area contributed by atoms with Gasteiger partial charge >= 0.3 is 11.9 Å². The van der Waals surface area contributed by atoms with Crippen molar-refractivity contribution in [3.05, 3.63) is 65.7 Å². The number of phenols is 1. The standard InChI is InChI=1S/C24H26O9/c1-31-18-4-2-3-16(11-18)14-32-24(23(29)30)12-19(26)22(28)20(13-24)33-21(27)10-7-15-5-8-17(25)9-6-15/h2-11,19-20,22,25-26,28H,12-14H2,1H3,(H,29,30)/t19-,20+,22+,24-/m0/s1. The zero-order chi connectivity index (χ0) is 24.0. The van der Waals surface area contributed by atoms with Crippen molar-refractivity contribution in [1.82, 2.24) is 0 Å². The number of methoxy groups -OCH3 is 1. The number of carbonyl (C=O) groups is 2. The topological polar surface area (TPSA) is 143 Å². The minimum absolute atomic E-state index is 0.0769. The molecule has 0 unspecified atom stereocenters. The fourth-order valence-electron chi connectivity index (χ4n) is 3.62. The number of benzene rings is 2. The number of carbonyl (C=O) groups excluding carboxylic acids is 1. The maximum absolute atomic E-state index is 12.3. The number of aliphatic hydroxyl groups excluding tert-OH is 2. The first-order chi connectivity index (χ1) is 15.7. The van der Waals surface area contributed by atoms with E-state index in [-0.39, 0.29) is 25.2 Å². The Labute approximate surface area is 190 Å². The Morgan fingerprint density at radius 1 is 1.12 bits per heavy atom. The maximum atomic E-state index is 12.3. The van der Waals surface area contributed by atoms with Gasteiger partial charge in [-0.2, -0.15) is 0 Å². The Morgan fingerprint density at radius 2 is 1.85 bits per heavy atom. The summed E-state index contributed by atoms with van der Waals surface area (Å²) < 4.78 is 16.1. The summed E-state index contributed by atoms with van der Waals surface area (Å²) in [7, 11) is 1.51. The minimum atomic E-state index is -1.87. The van der Waals surface area contributed by atoms with Gasteiger partial charge in [-0.05, 0) is 41.5 Å². The van der Waals surface area contributed by atoms with Crippen molar-refractivity contribution in [3.8, 4) is 11.5 Å². The number of esters is 1. The number of ether oxygens (including phenoxy) is 3. The van der Waals surface area contributed by atoms with Crippen LogP contribution < -0.4 is 4.74 Å². The second-order valence-electron chi connectivity index (χ2n) is 7.81. The first-order valence-electron chi connectivity index (χ1n) is 10.3. The van der Waals surface area contributed by atoms with Crippen molar-refractivity contribution in [2.75, 3.05) is 7.11 Å². The molecule has 0 aromatic heterocycles. The van der Waals surface area contributed by atoms with E-state index in [2.05, 4.69) is 0 Å². The number of aromatic hydroxyl groups is 1. The highest BCUT2D eigenvalue weighted by Crippen LogP contribution is 2.35. The molecule has 33 heavy (non-hydrogen) atoms. The van der Waals surface area contributed by atoms with E-state index in [1.54, 1.807) is 36.4 Å². The van der Waals surface area contributed by atoms with Crippen molar-refractivity contribution in [2.24, 2.45) is 0 Å². The molecule has 1 aliphatic carbocycles.